The second kappa shape index (κ2) is 5.17. The third kappa shape index (κ3) is 3.78. The summed E-state index contributed by atoms with van der Waals surface area (Å²) >= 11 is 0. The number of likely N-dealkylation sites (tertiary alicyclic amines) is 1. The molecular formula is C13H26N2O. The van der Waals surface area contributed by atoms with E-state index in [9.17, 15) is 4.79 Å². The van der Waals surface area contributed by atoms with Gasteiger partial charge in [0.1, 0.15) is 0 Å². The minimum atomic E-state index is 0.0166. The van der Waals surface area contributed by atoms with E-state index in [4.69, 9.17) is 0 Å². The normalized spacial score (nSPS) is 21.9. The highest BCUT2D eigenvalue weighted by Crippen LogP contribution is 2.23. The van der Waals surface area contributed by atoms with Crippen molar-refractivity contribution >= 4 is 5.91 Å². The zero-order valence-electron chi connectivity index (χ0n) is 11.3. The summed E-state index contributed by atoms with van der Waals surface area (Å²) in [6.07, 6.45) is 2.32. The fraction of sp³-hybridized carbons (Fsp3) is 0.923. The lowest BCUT2D eigenvalue weighted by Gasteiger charge is -2.29. The Labute approximate surface area is 99.6 Å². The molecule has 16 heavy (non-hydrogen) atoms. The van der Waals surface area contributed by atoms with Crippen LogP contribution in [0, 0.1) is 5.92 Å². The SMILES string of the molecule is CC(C)C1CCCN1C(=O)CNC(C)(C)C. The average Bonchev–Trinajstić information content (AvgIpc) is 2.61. The van der Waals surface area contributed by atoms with Crippen LogP contribution in [-0.2, 0) is 4.79 Å². The van der Waals surface area contributed by atoms with E-state index >= 15 is 0 Å². The summed E-state index contributed by atoms with van der Waals surface area (Å²) in [6, 6.07) is 0.453. The molecule has 1 unspecified atom stereocenters. The molecule has 1 N–H and O–H groups in total. The van der Waals surface area contributed by atoms with E-state index in [0.717, 1.165) is 13.0 Å². The average molecular weight is 226 g/mol. The number of amides is 1. The smallest absolute Gasteiger partial charge is 0.236 e. The van der Waals surface area contributed by atoms with E-state index in [1.54, 1.807) is 0 Å². The number of rotatable bonds is 3. The Morgan fingerprint density at radius 1 is 1.44 bits per heavy atom. The molecule has 0 aromatic carbocycles. The van der Waals surface area contributed by atoms with Crippen molar-refractivity contribution in [1.29, 1.82) is 0 Å². The van der Waals surface area contributed by atoms with Gasteiger partial charge in [-0.05, 0) is 39.5 Å². The van der Waals surface area contributed by atoms with Gasteiger partial charge in [-0.3, -0.25) is 4.79 Å². The van der Waals surface area contributed by atoms with E-state index in [2.05, 4.69) is 44.8 Å². The molecule has 0 aromatic heterocycles. The van der Waals surface area contributed by atoms with Crippen LogP contribution >= 0.6 is 0 Å². The van der Waals surface area contributed by atoms with Gasteiger partial charge < -0.3 is 10.2 Å². The molecule has 1 saturated heterocycles. The molecule has 0 radical (unpaired) electrons. The van der Waals surface area contributed by atoms with Crippen molar-refractivity contribution in [3.8, 4) is 0 Å². The van der Waals surface area contributed by atoms with E-state index in [1.807, 2.05) is 0 Å². The Bertz CT molecular complexity index is 243. The molecule has 1 fully saturated rings. The zero-order chi connectivity index (χ0) is 12.3. The predicted molar refractivity (Wildman–Crippen MR) is 67.3 cm³/mol. The van der Waals surface area contributed by atoms with Crippen LogP contribution in [0.5, 0.6) is 0 Å². The fourth-order valence-electron chi connectivity index (χ4n) is 2.24. The van der Waals surface area contributed by atoms with Crippen LogP contribution in [0.3, 0.4) is 0 Å². The van der Waals surface area contributed by atoms with Crippen LogP contribution in [0.2, 0.25) is 0 Å². The minimum Gasteiger partial charge on any atom is -0.338 e. The molecular weight excluding hydrogens is 200 g/mol. The molecule has 0 aliphatic carbocycles. The Kier molecular flexibility index (Phi) is 4.36. The lowest BCUT2D eigenvalue weighted by atomic mass is 10.0. The minimum absolute atomic E-state index is 0.0166. The van der Waals surface area contributed by atoms with Gasteiger partial charge in [0.25, 0.3) is 0 Å². The highest BCUT2D eigenvalue weighted by Gasteiger charge is 2.30. The van der Waals surface area contributed by atoms with E-state index < -0.39 is 0 Å². The largest absolute Gasteiger partial charge is 0.338 e. The number of nitrogens with zero attached hydrogens (tertiary/aromatic N) is 1. The first kappa shape index (κ1) is 13.5. The maximum atomic E-state index is 12.1. The summed E-state index contributed by atoms with van der Waals surface area (Å²) in [4.78, 5) is 14.1. The first-order chi connectivity index (χ1) is 7.31. The quantitative estimate of drug-likeness (QED) is 0.798. The van der Waals surface area contributed by atoms with Gasteiger partial charge in [-0.1, -0.05) is 13.8 Å². The maximum Gasteiger partial charge on any atom is 0.236 e. The van der Waals surface area contributed by atoms with Crippen molar-refractivity contribution in [3.63, 3.8) is 0 Å². The number of carbonyl (C=O) groups excluding carboxylic acids is 1. The molecule has 1 amide bonds. The van der Waals surface area contributed by atoms with Gasteiger partial charge in [0.05, 0.1) is 6.54 Å². The Morgan fingerprint density at radius 3 is 2.56 bits per heavy atom. The van der Waals surface area contributed by atoms with Gasteiger partial charge in [-0.25, -0.2) is 0 Å². The molecule has 3 heteroatoms. The molecule has 1 atom stereocenters. The molecule has 1 heterocycles. The standard InChI is InChI=1S/C13H26N2O/c1-10(2)11-7-6-8-15(11)12(16)9-14-13(3,4)5/h10-11,14H,6-9H2,1-5H3. The number of hydrogen-bond donors (Lipinski definition) is 1. The molecule has 1 aliphatic rings. The summed E-state index contributed by atoms with van der Waals surface area (Å²) in [6.45, 7) is 12.1. The molecule has 94 valence electrons. The van der Waals surface area contributed by atoms with Crippen molar-refractivity contribution in [2.45, 2.75) is 59.0 Å². The highest BCUT2D eigenvalue weighted by atomic mass is 16.2. The first-order valence-electron chi connectivity index (χ1n) is 6.36. The van der Waals surface area contributed by atoms with Crippen LogP contribution in [0.15, 0.2) is 0 Å². The topological polar surface area (TPSA) is 32.3 Å². The van der Waals surface area contributed by atoms with Gasteiger partial charge in [0, 0.05) is 18.1 Å². The van der Waals surface area contributed by atoms with E-state index in [-0.39, 0.29) is 11.4 Å². The summed E-state index contributed by atoms with van der Waals surface area (Å²) in [5, 5.41) is 3.27. The maximum absolute atomic E-state index is 12.1. The van der Waals surface area contributed by atoms with Gasteiger partial charge >= 0.3 is 0 Å². The predicted octanol–water partition coefficient (Wildman–Crippen LogP) is 2.02. The summed E-state index contributed by atoms with van der Waals surface area (Å²) in [5.74, 6) is 0.826. The van der Waals surface area contributed by atoms with Gasteiger partial charge in [0.15, 0.2) is 0 Å². The summed E-state index contributed by atoms with van der Waals surface area (Å²) < 4.78 is 0. The molecule has 0 bridgehead atoms. The molecule has 0 saturated carbocycles. The molecule has 3 nitrogen and oxygen atoms in total. The van der Waals surface area contributed by atoms with Crippen LogP contribution in [0.25, 0.3) is 0 Å². The van der Waals surface area contributed by atoms with E-state index in [0.29, 0.717) is 18.5 Å². The number of hydrogen-bond acceptors (Lipinski definition) is 2. The third-order valence-corrected chi connectivity index (χ3v) is 3.16. The molecule has 0 spiro atoms. The molecule has 0 aromatic rings. The summed E-state index contributed by atoms with van der Waals surface area (Å²) in [7, 11) is 0. The lowest BCUT2D eigenvalue weighted by Crippen LogP contribution is -2.47. The van der Waals surface area contributed by atoms with Crippen molar-refractivity contribution < 1.29 is 4.79 Å². The van der Waals surface area contributed by atoms with E-state index in [1.165, 1.54) is 6.42 Å². The first-order valence-corrected chi connectivity index (χ1v) is 6.36. The number of nitrogens with one attached hydrogen (secondary N) is 1. The van der Waals surface area contributed by atoms with Crippen LogP contribution < -0.4 is 5.32 Å². The van der Waals surface area contributed by atoms with Gasteiger partial charge in [-0.15, -0.1) is 0 Å². The molecule has 1 aliphatic heterocycles. The highest BCUT2D eigenvalue weighted by molar-refractivity contribution is 5.79. The zero-order valence-corrected chi connectivity index (χ0v) is 11.3. The lowest BCUT2D eigenvalue weighted by molar-refractivity contribution is -0.132. The van der Waals surface area contributed by atoms with Crippen molar-refractivity contribution in [3.05, 3.63) is 0 Å². The van der Waals surface area contributed by atoms with Crippen molar-refractivity contribution in [1.82, 2.24) is 10.2 Å². The van der Waals surface area contributed by atoms with Crippen LogP contribution in [0.4, 0.5) is 0 Å². The van der Waals surface area contributed by atoms with Crippen LogP contribution in [-0.4, -0.2) is 35.5 Å². The second-order valence-electron chi connectivity index (χ2n) is 6.14. The Morgan fingerprint density at radius 2 is 2.06 bits per heavy atom. The summed E-state index contributed by atoms with van der Waals surface area (Å²) in [5.41, 5.74) is 0.0166. The second-order valence-corrected chi connectivity index (χ2v) is 6.14. The Hall–Kier alpha value is -0.570. The number of carbonyl (C=O) groups is 1. The van der Waals surface area contributed by atoms with Gasteiger partial charge in [0.2, 0.25) is 5.91 Å². The van der Waals surface area contributed by atoms with Gasteiger partial charge in [-0.2, -0.15) is 0 Å². The molecule has 1 rings (SSSR count). The third-order valence-electron chi connectivity index (χ3n) is 3.16. The fourth-order valence-corrected chi connectivity index (χ4v) is 2.24. The van der Waals surface area contributed by atoms with Crippen molar-refractivity contribution in [2.75, 3.05) is 13.1 Å². The monoisotopic (exact) mass is 226 g/mol. The van der Waals surface area contributed by atoms with Crippen LogP contribution in [0.1, 0.15) is 47.5 Å². The Balaban J connectivity index is 2.47. The van der Waals surface area contributed by atoms with Crippen molar-refractivity contribution in [2.24, 2.45) is 5.92 Å².